The number of amides is 1. The molecule has 1 unspecified atom stereocenters. The van der Waals surface area contributed by atoms with Gasteiger partial charge in [-0.2, -0.15) is 13.2 Å². The molecule has 0 spiro atoms. The maximum Gasteiger partial charge on any atom is 0.422 e. The van der Waals surface area contributed by atoms with Gasteiger partial charge in [0.05, 0.1) is 12.5 Å². The SMILES string of the molecule is COc1cc(CCC(=O)N2CCC(C)(C(=O)O)C2)ccc1OCC(F)(F)F. The van der Waals surface area contributed by atoms with Crippen LogP contribution in [0.4, 0.5) is 13.2 Å². The lowest BCUT2D eigenvalue weighted by Gasteiger charge is -2.20. The number of alkyl halides is 3. The van der Waals surface area contributed by atoms with E-state index in [9.17, 15) is 27.9 Å². The van der Waals surface area contributed by atoms with Crippen molar-refractivity contribution in [3.63, 3.8) is 0 Å². The highest BCUT2D eigenvalue weighted by atomic mass is 19.4. The molecule has 9 heteroatoms. The van der Waals surface area contributed by atoms with Gasteiger partial charge in [0.25, 0.3) is 0 Å². The van der Waals surface area contributed by atoms with Gasteiger partial charge in [0, 0.05) is 19.5 Å². The second kappa shape index (κ2) is 8.06. The Morgan fingerprint density at radius 3 is 2.56 bits per heavy atom. The summed E-state index contributed by atoms with van der Waals surface area (Å²) in [5.41, 5.74) is -0.212. The van der Waals surface area contributed by atoms with Gasteiger partial charge in [-0.15, -0.1) is 0 Å². The Labute approximate surface area is 154 Å². The molecular formula is C18H22F3NO5. The molecule has 1 aromatic carbocycles. The van der Waals surface area contributed by atoms with E-state index in [1.54, 1.807) is 13.0 Å². The number of nitrogens with zero attached hydrogens (tertiary/aromatic N) is 1. The minimum Gasteiger partial charge on any atom is -0.493 e. The van der Waals surface area contributed by atoms with E-state index in [0.29, 0.717) is 24.9 Å². The number of hydrogen-bond acceptors (Lipinski definition) is 4. The molecule has 150 valence electrons. The van der Waals surface area contributed by atoms with Crippen LogP contribution >= 0.6 is 0 Å². The Morgan fingerprint density at radius 1 is 1.30 bits per heavy atom. The van der Waals surface area contributed by atoms with E-state index >= 15 is 0 Å². The van der Waals surface area contributed by atoms with Gasteiger partial charge in [-0.25, -0.2) is 0 Å². The summed E-state index contributed by atoms with van der Waals surface area (Å²) in [5, 5.41) is 9.22. The van der Waals surface area contributed by atoms with Crippen LogP contribution in [0.3, 0.4) is 0 Å². The number of likely N-dealkylation sites (tertiary alicyclic amines) is 1. The van der Waals surface area contributed by atoms with Crippen molar-refractivity contribution in [3.05, 3.63) is 23.8 Å². The van der Waals surface area contributed by atoms with Crippen molar-refractivity contribution in [1.29, 1.82) is 0 Å². The molecule has 1 atom stereocenters. The fourth-order valence-corrected chi connectivity index (χ4v) is 2.90. The first-order chi connectivity index (χ1) is 12.5. The average Bonchev–Trinajstić information content (AvgIpc) is 3.01. The Bertz CT molecular complexity index is 707. The summed E-state index contributed by atoms with van der Waals surface area (Å²) in [6.45, 7) is 0.773. The first-order valence-corrected chi connectivity index (χ1v) is 8.42. The topological polar surface area (TPSA) is 76.1 Å². The van der Waals surface area contributed by atoms with E-state index in [4.69, 9.17) is 9.47 Å². The fourth-order valence-electron chi connectivity index (χ4n) is 2.90. The molecule has 0 radical (unpaired) electrons. The summed E-state index contributed by atoms with van der Waals surface area (Å²) in [5.74, 6) is -0.946. The highest BCUT2D eigenvalue weighted by Crippen LogP contribution is 2.32. The Hall–Kier alpha value is -2.45. The van der Waals surface area contributed by atoms with Crippen LogP contribution in [0.25, 0.3) is 0 Å². The van der Waals surface area contributed by atoms with Crippen molar-refractivity contribution < 1.29 is 37.3 Å². The number of carboxylic acid groups (broad SMARTS) is 1. The van der Waals surface area contributed by atoms with Gasteiger partial charge in [0.1, 0.15) is 0 Å². The smallest absolute Gasteiger partial charge is 0.422 e. The maximum absolute atomic E-state index is 12.3. The van der Waals surface area contributed by atoms with Crippen molar-refractivity contribution in [2.24, 2.45) is 5.41 Å². The molecule has 0 aliphatic carbocycles. The number of carbonyl (C=O) groups is 2. The lowest BCUT2D eigenvalue weighted by molar-refractivity contribution is -0.153. The van der Waals surface area contributed by atoms with Gasteiger partial charge in [0.2, 0.25) is 5.91 Å². The normalized spacial score (nSPS) is 19.8. The molecular weight excluding hydrogens is 367 g/mol. The summed E-state index contributed by atoms with van der Waals surface area (Å²) in [4.78, 5) is 25.1. The predicted octanol–water partition coefficient (Wildman–Crippen LogP) is 2.89. The number of hydrogen-bond donors (Lipinski definition) is 1. The number of carbonyl (C=O) groups excluding carboxylic acids is 1. The van der Waals surface area contributed by atoms with Gasteiger partial charge in [-0.1, -0.05) is 6.07 Å². The third-order valence-corrected chi connectivity index (χ3v) is 4.59. The van der Waals surface area contributed by atoms with Crippen molar-refractivity contribution in [2.45, 2.75) is 32.4 Å². The lowest BCUT2D eigenvalue weighted by atomic mass is 9.90. The molecule has 1 fully saturated rings. The number of halogens is 3. The molecule has 0 bridgehead atoms. The van der Waals surface area contributed by atoms with Crippen molar-refractivity contribution in [2.75, 3.05) is 26.8 Å². The zero-order valence-corrected chi connectivity index (χ0v) is 15.1. The molecule has 0 aromatic heterocycles. The maximum atomic E-state index is 12.3. The van der Waals surface area contributed by atoms with E-state index in [0.717, 1.165) is 0 Å². The number of benzene rings is 1. The second-order valence-corrected chi connectivity index (χ2v) is 6.82. The zero-order chi connectivity index (χ0) is 20.2. The summed E-state index contributed by atoms with van der Waals surface area (Å²) in [7, 11) is 1.32. The van der Waals surface area contributed by atoms with Crippen LogP contribution in [0.1, 0.15) is 25.3 Å². The Morgan fingerprint density at radius 2 is 2.00 bits per heavy atom. The average molecular weight is 389 g/mol. The van der Waals surface area contributed by atoms with E-state index in [2.05, 4.69) is 0 Å². The molecule has 6 nitrogen and oxygen atoms in total. The number of methoxy groups -OCH3 is 1. The molecule has 0 saturated carbocycles. The van der Waals surface area contributed by atoms with Crippen LogP contribution in [-0.2, 0) is 16.0 Å². The Kier molecular flexibility index (Phi) is 6.22. The molecule has 2 rings (SSSR count). The van der Waals surface area contributed by atoms with Crippen LogP contribution in [0.15, 0.2) is 18.2 Å². The van der Waals surface area contributed by atoms with E-state index in [-0.39, 0.29) is 30.4 Å². The quantitative estimate of drug-likeness (QED) is 0.776. The molecule has 1 aliphatic heterocycles. The van der Waals surface area contributed by atoms with Gasteiger partial charge < -0.3 is 19.5 Å². The number of carboxylic acids is 1. The second-order valence-electron chi connectivity index (χ2n) is 6.82. The van der Waals surface area contributed by atoms with Gasteiger partial charge in [-0.3, -0.25) is 9.59 Å². The number of ether oxygens (including phenoxy) is 2. The van der Waals surface area contributed by atoms with Gasteiger partial charge >= 0.3 is 12.1 Å². The third kappa shape index (κ3) is 5.51. The van der Waals surface area contributed by atoms with Crippen molar-refractivity contribution in [1.82, 2.24) is 4.90 Å². The van der Waals surface area contributed by atoms with Gasteiger partial charge in [0.15, 0.2) is 18.1 Å². The number of rotatable bonds is 7. The standard InChI is InChI=1S/C18H22F3NO5/c1-17(16(24)25)7-8-22(10-17)15(23)6-4-12-3-5-13(14(9-12)26-2)27-11-18(19,20)21/h3,5,9H,4,6-8,10-11H2,1-2H3,(H,24,25). The summed E-state index contributed by atoms with van der Waals surface area (Å²) < 4.78 is 46.6. The third-order valence-electron chi connectivity index (χ3n) is 4.59. The van der Waals surface area contributed by atoms with Crippen molar-refractivity contribution in [3.8, 4) is 11.5 Å². The highest BCUT2D eigenvalue weighted by Gasteiger charge is 2.41. The Balaban J connectivity index is 1.94. The lowest BCUT2D eigenvalue weighted by Crippen LogP contribution is -2.34. The summed E-state index contributed by atoms with van der Waals surface area (Å²) in [6.07, 6.45) is -3.51. The molecule has 1 N–H and O–H groups in total. The molecule has 1 aromatic rings. The predicted molar refractivity (Wildman–Crippen MR) is 89.8 cm³/mol. The molecule has 1 saturated heterocycles. The molecule has 1 aliphatic rings. The first-order valence-electron chi connectivity index (χ1n) is 8.42. The molecule has 1 amide bonds. The van der Waals surface area contributed by atoms with Gasteiger partial charge in [-0.05, 0) is 37.5 Å². The van der Waals surface area contributed by atoms with Crippen LogP contribution in [0, 0.1) is 5.41 Å². The fraction of sp³-hybridized carbons (Fsp3) is 0.556. The van der Waals surface area contributed by atoms with E-state index < -0.39 is 24.2 Å². The van der Waals surface area contributed by atoms with Crippen molar-refractivity contribution >= 4 is 11.9 Å². The van der Waals surface area contributed by atoms with Crippen LogP contribution in [0.5, 0.6) is 11.5 Å². The number of aliphatic carboxylic acids is 1. The minimum atomic E-state index is -4.45. The van der Waals surface area contributed by atoms with E-state index in [1.165, 1.54) is 24.1 Å². The number of aryl methyl sites for hydroxylation is 1. The molecule has 1 heterocycles. The van der Waals surface area contributed by atoms with Crippen LogP contribution in [0.2, 0.25) is 0 Å². The minimum absolute atomic E-state index is 0.0262. The molecule has 27 heavy (non-hydrogen) atoms. The van der Waals surface area contributed by atoms with Crippen LogP contribution in [-0.4, -0.2) is 54.9 Å². The summed E-state index contributed by atoms with van der Waals surface area (Å²) >= 11 is 0. The highest BCUT2D eigenvalue weighted by molar-refractivity contribution is 5.80. The largest absolute Gasteiger partial charge is 0.493 e. The summed E-state index contributed by atoms with van der Waals surface area (Å²) in [6, 6.07) is 4.49. The monoisotopic (exact) mass is 389 g/mol. The zero-order valence-electron chi connectivity index (χ0n) is 15.1. The first kappa shape index (κ1) is 20.9. The van der Waals surface area contributed by atoms with Crippen LogP contribution < -0.4 is 9.47 Å². The van der Waals surface area contributed by atoms with E-state index in [1.807, 2.05) is 0 Å².